The molecule has 0 spiro atoms. The average Bonchev–Trinajstić information content (AvgIpc) is 0.681. The van der Waals surface area contributed by atoms with Crippen LogP contribution in [0.5, 0.6) is 34.5 Å². The number of hydrogen-bond acceptors (Lipinski definition) is 9. The molecule has 0 unspecified atom stereocenters. The van der Waals surface area contributed by atoms with Gasteiger partial charge in [0.1, 0.15) is 29.4 Å². The van der Waals surface area contributed by atoms with E-state index in [-0.39, 0.29) is 0 Å². The zero-order valence-corrected chi connectivity index (χ0v) is 60.6. The summed E-state index contributed by atoms with van der Waals surface area (Å²) in [6, 6.07) is 53.9. The van der Waals surface area contributed by atoms with Gasteiger partial charge >= 0.3 is 329 Å². The van der Waals surface area contributed by atoms with Crippen LogP contribution in [-0.2, 0) is 14.2 Å². The number of para-hydroxylation sites is 6. The number of ether oxygens (including phenoxy) is 9. The first-order chi connectivity index (χ1) is 49.6. The third kappa shape index (κ3) is 18.3. The predicted molar refractivity (Wildman–Crippen MR) is 378 cm³/mol. The Hall–Kier alpha value is -7.06. The van der Waals surface area contributed by atoms with Crippen LogP contribution >= 0.6 is 92.8 Å². The Labute approximate surface area is 626 Å². The Morgan fingerprint density at radius 3 is 0.660 bits per heavy atom. The SMILES string of the molecule is Fc1c(F)c(Cl)c(Cl)c([B-](c2c(F)c(F)c(F)c(Cl)c2Cl)(c2c(F)c(F)c(F)c(Cl)c2Cl)c2c(F)c(F)c(F)c(Cl)c2Cl)c1F.c1ccc(OCCOCCOc2ccccc2[Se+](c2ccccc2OCCOCCOc2ccccc2)c2ccccc2OCCOCCOc2ccccc2)cc1. The van der Waals surface area contributed by atoms with Gasteiger partial charge in [0, 0.05) is 20.1 Å². The van der Waals surface area contributed by atoms with Gasteiger partial charge in [-0.1, -0.05) is 111 Å². The molecule has 0 aliphatic rings. The molecule has 542 valence electrons. The van der Waals surface area contributed by atoms with E-state index in [0.29, 0.717) is 79.3 Å². The molecular weight excluding hydrogens is 1610 g/mol. The van der Waals surface area contributed by atoms with Crippen molar-refractivity contribution < 1.29 is 95.3 Å². The molecule has 10 aromatic carbocycles. The first-order valence-corrected chi connectivity index (χ1v) is 36.0. The summed E-state index contributed by atoms with van der Waals surface area (Å²) in [4.78, 5) is 0. The van der Waals surface area contributed by atoms with Gasteiger partial charge in [-0.2, -0.15) is 0 Å². The minimum atomic E-state index is -5.62. The van der Waals surface area contributed by atoms with Crippen LogP contribution in [0.25, 0.3) is 0 Å². The Kier molecular flexibility index (Phi) is 29.4. The third-order valence-corrected chi connectivity index (χ3v) is 23.4. The summed E-state index contributed by atoms with van der Waals surface area (Å²) >= 11 is 44.5. The summed E-state index contributed by atoms with van der Waals surface area (Å²) in [7, 11) is 0. The fraction of sp³-hybridized carbons (Fsp3) is 0.167. The zero-order valence-electron chi connectivity index (χ0n) is 52.8. The van der Waals surface area contributed by atoms with E-state index in [9.17, 15) is 17.6 Å². The average molecular weight is 1660 g/mol. The molecule has 0 heterocycles. The second kappa shape index (κ2) is 37.8. The van der Waals surface area contributed by atoms with E-state index in [4.69, 9.17) is 135 Å². The molecule has 0 aromatic heterocycles. The molecule has 103 heavy (non-hydrogen) atoms. The van der Waals surface area contributed by atoms with Crippen LogP contribution in [0, 0.1) is 69.8 Å². The van der Waals surface area contributed by atoms with Crippen molar-refractivity contribution in [2.45, 2.75) is 0 Å². The number of halogens is 20. The molecular formula is C72H51BCl8F12O9Se. The Morgan fingerprint density at radius 2 is 0.427 bits per heavy atom. The van der Waals surface area contributed by atoms with Crippen molar-refractivity contribution in [2.75, 3.05) is 79.3 Å². The van der Waals surface area contributed by atoms with Gasteiger partial charge in [0.05, 0.1) is 20.1 Å². The van der Waals surface area contributed by atoms with Crippen LogP contribution in [0.3, 0.4) is 0 Å². The zero-order chi connectivity index (χ0) is 74.1. The fourth-order valence-corrected chi connectivity index (χ4v) is 17.6. The van der Waals surface area contributed by atoms with Gasteiger partial charge in [0.25, 0.3) is 0 Å². The van der Waals surface area contributed by atoms with Crippen LogP contribution in [0.15, 0.2) is 164 Å². The molecule has 0 N–H and O–H groups in total. The van der Waals surface area contributed by atoms with E-state index >= 15 is 35.1 Å². The molecule has 0 bridgehead atoms. The number of rotatable bonds is 31. The van der Waals surface area contributed by atoms with Gasteiger partial charge in [-0.3, -0.25) is 0 Å². The summed E-state index contributed by atoms with van der Waals surface area (Å²) in [6.07, 6.45) is -5.62. The molecule has 0 saturated carbocycles. The molecule has 0 aliphatic carbocycles. The van der Waals surface area contributed by atoms with Crippen molar-refractivity contribution in [1.82, 2.24) is 0 Å². The Bertz CT molecular complexity index is 3970. The molecule has 10 aromatic rings. The van der Waals surface area contributed by atoms with Crippen LogP contribution < -0.4 is 63.7 Å². The van der Waals surface area contributed by atoms with Gasteiger partial charge in [-0.15, -0.1) is 21.9 Å². The number of hydrogen-bond donors (Lipinski definition) is 0. The monoisotopic (exact) mass is 1660 g/mol. The normalized spacial score (nSPS) is 11.4. The van der Waals surface area contributed by atoms with Crippen molar-refractivity contribution in [2.24, 2.45) is 0 Å². The van der Waals surface area contributed by atoms with Crippen LogP contribution in [-0.4, -0.2) is 99.3 Å². The van der Waals surface area contributed by atoms with Gasteiger partial charge < -0.3 is 0 Å². The molecule has 31 heteroatoms. The topological polar surface area (TPSA) is 83.1 Å². The first-order valence-electron chi connectivity index (χ1n) is 30.4. The maximum atomic E-state index is 16.0. The molecule has 0 atom stereocenters. The van der Waals surface area contributed by atoms with Gasteiger partial charge in [-0.25, -0.2) is 52.7 Å². The molecule has 0 saturated heterocycles. The summed E-state index contributed by atoms with van der Waals surface area (Å²) in [5.74, 6) is -26.4. The van der Waals surface area contributed by atoms with E-state index in [1.54, 1.807) is 0 Å². The van der Waals surface area contributed by atoms with Crippen LogP contribution in [0.2, 0.25) is 40.2 Å². The van der Waals surface area contributed by atoms with Gasteiger partial charge in [0.15, 0.2) is 46.5 Å². The van der Waals surface area contributed by atoms with Crippen molar-refractivity contribution >= 4 is 148 Å². The minimum absolute atomic E-state index is 0.383. The van der Waals surface area contributed by atoms with E-state index in [0.717, 1.165) is 47.9 Å². The summed E-state index contributed by atoms with van der Waals surface area (Å²) in [5, 5.41) is -13.9. The molecule has 0 fully saturated rings. The Morgan fingerprint density at radius 1 is 0.223 bits per heavy atom. The van der Waals surface area contributed by atoms with Crippen LogP contribution in [0.1, 0.15) is 0 Å². The van der Waals surface area contributed by atoms with E-state index in [1.165, 1.54) is 0 Å². The number of benzene rings is 10. The van der Waals surface area contributed by atoms with Crippen molar-refractivity contribution in [1.29, 1.82) is 0 Å². The first kappa shape index (κ1) is 80.0. The van der Waals surface area contributed by atoms with Crippen LogP contribution in [0.4, 0.5) is 52.7 Å². The summed E-state index contributed by atoms with van der Waals surface area (Å²) in [6.45, 7) is 5.16. The maximum absolute atomic E-state index is 16.0. The third-order valence-electron chi connectivity index (χ3n) is 15.1. The standard InChI is InChI=1S/C48H51O9Se.C24BCl8F12/c1-4-16-40(17-5-1)52-34-28-49-31-37-55-43-22-10-13-25-46(43)58(47-26-14-11-23-44(47)56-38-32-50-29-35-53-41-18-6-2-7-19-41)48-27-15-12-24-45(48)57-39-33-51-30-36-54-42-20-8-3-9-21-42;26-5-1(13(34)21(42)17(38)9(5)30)25(2-6(27)10(31)18(39)22(43)14(2)35,3-7(28)11(32)19(40)23(44)15(3)36)4-8(29)12(33)20(41)24(45)16(4)37/h1-27H,28-39H2;/q+1;-1. The van der Waals surface area contributed by atoms with Gasteiger partial charge in [0.2, 0.25) is 0 Å². The summed E-state index contributed by atoms with van der Waals surface area (Å²) < 4.78 is 240. The van der Waals surface area contributed by atoms with Gasteiger partial charge in [-0.05, 0) is 0 Å². The molecule has 0 radical (unpaired) electrons. The summed E-state index contributed by atoms with van der Waals surface area (Å²) in [5.41, 5.74) is -8.47. The second-order valence-corrected chi connectivity index (χ2v) is 28.4. The quantitative estimate of drug-likeness (QED) is 0.0139. The van der Waals surface area contributed by atoms with E-state index < -0.39 is 152 Å². The molecule has 0 aliphatic heterocycles. The fourth-order valence-electron chi connectivity index (χ4n) is 10.6. The Balaban J connectivity index is 0.000000247. The van der Waals surface area contributed by atoms with Crippen molar-refractivity contribution in [3.05, 3.63) is 274 Å². The van der Waals surface area contributed by atoms with E-state index in [2.05, 4.69) is 36.4 Å². The molecule has 9 nitrogen and oxygen atoms in total. The van der Waals surface area contributed by atoms with E-state index in [1.807, 2.05) is 127 Å². The van der Waals surface area contributed by atoms with Crippen molar-refractivity contribution in [3.63, 3.8) is 0 Å². The molecule has 10 rings (SSSR count). The predicted octanol–water partition coefficient (Wildman–Crippen LogP) is 16.6. The van der Waals surface area contributed by atoms with Crippen molar-refractivity contribution in [3.8, 4) is 34.5 Å². The molecule has 0 amide bonds. The second-order valence-electron chi connectivity index (χ2n) is 21.3.